The Bertz CT molecular complexity index is 1190. The highest BCUT2D eigenvalue weighted by molar-refractivity contribution is 7.87. The topological polar surface area (TPSA) is 139 Å². The van der Waals surface area contributed by atoms with E-state index in [0.29, 0.717) is 32.1 Å². The van der Waals surface area contributed by atoms with Crippen molar-refractivity contribution in [2.45, 2.75) is 76.6 Å². The number of esters is 3. The minimum absolute atomic E-state index is 0.215. The van der Waals surface area contributed by atoms with E-state index in [1.165, 1.54) is 14.0 Å². The summed E-state index contributed by atoms with van der Waals surface area (Å²) >= 11 is 0. The summed E-state index contributed by atoms with van der Waals surface area (Å²) < 4.78 is 48.0. The van der Waals surface area contributed by atoms with Gasteiger partial charge in [-0.05, 0) is 63.4 Å². The molecule has 5 rings (SSSR count). The van der Waals surface area contributed by atoms with Crippen molar-refractivity contribution in [3.63, 3.8) is 0 Å². The molecule has 36 heavy (non-hydrogen) atoms. The van der Waals surface area contributed by atoms with Crippen LogP contribution in [0.3, 0.4) is 0 Å². The van der Waals surface area contributed by atoms with Crippen molar-refractivity contribution in [3.05, 3.63) is 12.2 Å². The van der Waals surface area contributed by atoms with Crippen LogP contribution in [-0.4, -0.2) is 62.3 Å². The summed E-state index contributed by atoms with van der Waals surface area (Å²) in [4.78, 5) is 50.5. The summed E-state index contributed by atoms with van der Waals surface area (Å²) in [5.74, 6) is -4.68. The molecule has 1 heterocycles. The molecule has 5 fully saturated rings. The Kier molecular flexibility index (Phi) is 5.38. The number of ether oxygens (including phenoxy) is 3. The van der Waals surface area contributed by atoms with Crippen LogP contribution >= 0.6 is 0 Å². The molecule has 5 aliphatic rings. The highest BCUT2D eigenvalue weighted by Crippen LogP contribution is 2.79. The van der Waals surface area contributed by atoms with E-state index >= 15 is 0 Å². The van der Waals surface area contributed by atoms with Gasteiger partial charge in [-0.3, -0.25) is 23.4 Å². The highest BCUT2D eigenvalue weighted by Gasteiger charge is 2.85. The van der Waals surface area contributed by atoms with Gasteiger partial charge in [-0.2, -0.15) is 8.42 Å². The summed E-state index contributed by atoms with van der Waals surface area (Å²) in [6, 6.07) is 0. The van der Waals surface area contributed by atoms with Gasteiger partial charge >= 0.3 is 17.9 Å². The zero-order chi connectivity index (χ0) is 26.5. The summed E-state index contributed by atoms with van der Waals surface area (Å²) in [5.41, 5.74) is -3.35. The van der Waals surface area contributed by atoms with Crippen molar-refractivity contribution in [2.75, 3.05) is 12.9 Å². The number of rotatable bonds is 6. The summed E-state index contributed by atoms with van der Waals surface area (Å²) in [6.45, 7) is 8.32. The number of carbonyl (C=O) groups is 4. The molecule has 0 N–H and O–H groups in total. The van der Waals surface area contributed by atoms with Crippen LogP contribution in [-0.2, 0) is 47.7 Å². The molecular weight excluding hydrogens is 492 g/mol. The second-order valence-corrected chi connectivity index (χ2v) is 13.1. The second kappa shape index (κ2) is 7.63. The van der Waals surface area contributed by atoms with Crippen molar-refractivity contribution in [1.29, 1.82) is 0 Å². The number of hydrogen-bond acceptors (Lipinski definition) is 10. The lowest BCUT2D eigenvalue weighted by Crippen LogP contribution is -2.54. The van der Waals surface area contributed by atoms with Crippen molar-refractivity contribution in [2.24, 2.45) is 28.6 Å². The Morgan fingerprint density at radius 3 is 2.47 bits per heavy atom. The van der Waals surface area contributed by atoms with E-state index in [9.17, 15) is 27.6 Å². The zero-order valence-electron chi connectivity index (χ0n) is 21.0. The Morgan fingerprint density at radius 2 is 1.86 bits per heavy atom. The number of hydrogen-bond donors (Lipinski definition) is 0. The van der Waals surface area contributed by atoms with Crippen LogP contribution < -0.4 is 0 Å². The van der Waals surface area contributed by atoms with Gasteiger partial charge in [0.2, 0.25) is 0 Å². The van der Waals surface area contributed by atoms with E-state index < -0.39 is 79.5 Å². The fraction of sp³-hybridized carbons (Fsp3) is 0.760. The first-order valence-corrected chi connectivity index (χ1v) is 13.8. The van der Waals surface area contributed by atoms with Crippen LogP contribution in [0.4, 0.5) is 0 Å². The van der Waals surface area contributed by atoms with Crippen LogP contribution in [0.1, 0.15) is 59.3 Å². The fourth-order valence-electron chi connectivity index (χ4n) is 8.76. The van der Waals surface area contributed by atoms with Gasteiger partial charge in [0.1, 0.15) is 28.2 Å². The molecule has 11 heteroatoms. The maximum absolute atomic E-state index is 13.5. The Hall–Kier alpha value is -2.27. The largest absolute Gasteiger partial charge is 0.469 e. The minimum atomic E-state index is -4.26. The number of ketones is 1. The Balaban J connectivity index is 1.63. The summed E-state index contributed by atoms with van der Waals surface area (Å²) in [5, 5.41) is 0. The molecule has 198 valence electrons. The van der Waals surface area contributed by atoms with Crippen LogP contribution in [0.25, 0.3) is 0 Å². The van der Waals surface area contributed by atoms with Crippen LogP contribution in [0, 0.1) is 28.6 Å². The monoisotopic (exact) mass is 524 g/mol. The van der Waals surface area contributed by atoms with Crippen LogP contribution in [0.15, 0.2) is 12.2 Å². The SMILES string of the molecule is C=C1C[C@]23C[C@@]1(OC(C)=O)CC[C@H]2[C@@]12CC[C@@H](OS(=O)(=O)CC(C)=O)[C@@](C)(C(=O)O1)[C@H]2[C@@H]3C(=O)OC. The van der Waals surface area contributed by atoms with Gasteiger partial charge < -0.3 is 14.2 Å². The van der Waals surface area contributed by atoms with Gasteiger partial charge in [0.05, 0.1) is 19.1 Å². The van der Waals surface area contributed by atoms with Crippen LogP contribution in [0.5, 0.6) is 0 Å². The Labute approximate surface area is 210 Å². The zero-order valence-corrected chi connectivity index (χ0v) is 21.8. The molecule has 0 radical (unpaired) electrons. The maximum atomic E-state index is 13.5. The van der Waals surface area contributed by atoms with E-state index in [1.54, 1.807) is 6.92 Å². The molecular formula is C25H32O10S. The molecule has 10 nitrogen and oxygen atoms in total. The average molecular weight is 525 g/mol. The van der Waals surface area contributed by atoms with Gasteiger partial charge in [0.25, 0.3) is 10.1 Å². The number of Topliss-reactive ketones (excluding diaryl/α,β-unsaturated/α-hetero) is 1. The molecule has 0 aromatic rings. The van der Waals surface area contributed by atoms with E-state index in [2.05, 4.69) is 6.58 Å². The normalized spacial score (nSPS) is 44.4. The molecule has 4 saturated carbocycles. The van der Waals surface area contributed by atoms with Crippen molar-refractivity contribution in [1.82, 2.24) is 0 Å². The Morgan fingerprint density at radius 1 is 1.17 bits per heavy atom. The van der Waals surface area contributed by atoms with Crippen LogP contribution in [0.2, 0.25) is 0 Å². The predicted molar refractivity (Wildman–Crippen MR) is 123 cm³/mol. The van der Waals surface area contributed by atoms with Gasteiger partial charge in [0, 0.05) is 18.8 Å². The third kappa shape index (κ3) is 3.07. The molecule has 0 amide bonds. The van der Waals surface area contributed by atoms with Gasteiger partial charge in [-0.1, -0.05) is 6.58 Å². The molecule has 1 aliphatic heterocycles. The van der Waals surface area contributed by atoms with Crippen molar-refractivity contribution >= 4 is 33.8 Å². The maximum Gasteiger partial charge on any atom is 0.315 e. The van der Waals surface area contributed by atoms with Crippen molar-refractivity contribution < 1.29 is 46.0 Å². The first-order chi connectivity index (χ1) is 16.7. The molecule has 0 unspecified atom stereocenters. The quantitative estimate of drug-likeness (QED) is 0.219. The summed E-state index contributed by atoms with van der Waals surface area (Å²) in [7, 11) is -2.97. The number of fused-ring (bicyclic) bond motifs is 1. The third-order valence-electron chi connectivity index (χ3n) is 9.67. The lowest BCUT2D eigenvalue weighted by Gasteiger charge is -2.46. The fourth-order valence-corrected chi connectivity index (χ4v) is 9.98. The first kappa shape index (κ1) is 25.4. The number of carbonyl (C=O) groups excluding carboxylic acids is 4. The lowest BCUT2D eigenvalue weighted by atomic mass is 9.59. The van der Waals surface area contributed by atoms with E-state index in [4.69, 9.17) is 18.4 Å². The molecule has 1 spiro atoms. The second-order valence-electron chi connectivity index (χ2n) is 11.5. The number of methoxy groups -OCH3 is 1. The van der Waals surface area contributed by atoms with E-state index in [-0.39, 0.29) is 12.3 Å². The minimum Gasteiger partial charge on any atom is -0.469 e. The molecule has 0 aromatic heterocycles. The van der Waals surface area contributed by atoms with Gasteiger partial charge in [-0.25, -0.2) is 0 Å². The molecule has 4 aliphatic carbocycles. The first-order valence-electron chi connectivity index (χ1n) is 12.3. The highest BCUT2D eigenvalue weighted by atomic mass is 32.2. The predicted octanol–water partition coefficient (Wildman–Crippen LogP) is 1.85. The third-order valence-corrected chi connectivity index (χ3v) is 11.0. The molecule has 0 aromatic carbocycles. The van der Waals surface area contributed by atoms with E-state index in [0.717, 1.165) is 12.5 Å². The van der Waals surface area contributed by atoms with Gasteiger partial charge in [0.15, 0.2) is 0 Å². The lowest BCUT2D eigenvalue weighted by molar-refractivity contribution is -0.169. The molecule has 8 atom stereocenters. The van der Waals surface area contributed by atoms with Crippen molar-refractivity contribution in [3.8, 4) is 0 Å². The average Bonchev–Trinajstić information content (AvgIpc) is 3.18. The van der Waals surface area contributed by atoms with Gasteiger partial charge in [-0.15, -0.1) is 0 Å². The smallest absolute Gasteiger partial charge is 0.315 e. The standard InChI is InChI=1S/C25H32O10S/c1-13-10-23-12-24(13,33-15(3)27)8-6-16(23)25-9-7-17(35-36(30,31)11-14(2)26)22(4,21(29)34-25)19(25)18(23)20(28)32-5/h16-19H,1,6-12H2,2-5H3/t16-,17-,18-,19-,22-,23+,24+,25-/m1/s1. The molecule has 1 saturated heterocycles. The molecule has 4 bridgehead atoms. The van der Waals surface area contributed by atoms with E-state index in [1.807, 2.05) is 0 Å². The summed E-state index contributed by atoms with van der Waals surface area (Å²) in [6.07, 6.45) is 1.25.